The normalized spacial score (nSPS) is 12.3. The summed E-state index contributed by atoms with van der Waals surface area (Å²) in [6, 6.07) is 1.75. The van der Waals surface area contributed by atoms with Crippen LogP contribution in [0.15, 0.2) is 0 Å². The quantitative estimate of drug-likeness (QED) is 0.243. The van der Waals surface area contributed by atoms with Gasteiger partial charge in [0.1, 0.15) is 0 Å². The molecule has 166 valence electrons. The summed E-state index contributed by atoms with van der Waals surface area (Å²) in [7, 11) is -18.3. The molecule has 0 saturated heterocycles. The Morgan fingerprint density at radius 3 is 0.643 bits per heavy atom. The smallest absolute Gasteiger partial charge is 0.741 e. The summed E-state index contributed by atoms with van der Waals surface area (Å²) in [6.45, 7) is 1.43. The Labute approximate surface area is 169 Å². The predicted molar refractivity (Wildman–Crippen MR) is 58.5 cm³/mol. The van der Waals surface area contributed by atoms with E-state index in [1.54, 1.807) is 6.07 Å². The van der Waals surface area contributed by atoms with Gasteiger partial charge in [0, 0.05) is 6.92 Å². The second kappa shape index (κ2) is 12.9. The molecule has 0 atom stereocenters. The van der Waals surface area contributed by atoms with Crippen molar-refractivity contribution in [1.29, 1.82) is 5.26 Å². The molecular formula is C5H3F9NO9S3Sc. The third kappa shape index (κ3) is 21.8. The monoisotopic (exact) mass is 533 g/mol. The van der Waals surface area contributed by atoms with Crippen LogP contribution < -0.4 is 0 Å². The maximum Gasteiger partial charge on any atom is 3.00 e. The Morgan fingerprint density at radius 1 is 0.607 bits per heavy atom. The van der Waals surface area contributed by atoms with Gasteiger partial charge in [0.15, 0.2) is 30.4 Å². The summed E-state index contributed by atoms with van der Waals surface area (Å²) in [5.74, 6) is 0. The van der Waals surface area contributed by atoms with Gasteiger partial charge >= 0.3 is 42.4 Å². The molecule has 0 N–H and O–H groups in total. The number of rotatable bonds is 0. The van der Waals surface area contributed by atoms with Gasteiger partial charge < -0.3 is 13.7 Å². The molecular weight excluding hydrogens is 530 g/mol. The van der Waals surface area contributed by atoms with Crippen LogP contribution in [-0.4, -0.2) is 55.4 Å². The molecule has 0 aromatic carbocycles. The molecule has 0 saturated carbocycles. The van der Waals surface area contributed by atoms with E-state index < -0.39 is 46.9 Å². The van der Waals surface area contributed by atoms with E-state index in [0.717, 1.165) is 0 Å². The van der Waals surface area contributed by atoms with Crippen molar-refractivity contribution in [3.63, 3.8) is 0 Å². The molecule has 0 aromatic rings. The van der Waals surface area contributed by atoms with Crippen LogP contribution in [0.3, 0.4) is 0 Å². The van der Waals surface area contributed by atoms with Crippen LogP contribution in [-0.2, 0) is 56.2 Å². The molecule has 0 radical (unpaired) electrons. The van der Waals surface area contributed by atoms with E-state index in [1.807, 2.05) is 0 Å². The standard InChI is InChI=1S/C2H3N.3CHF3O3S.Sc/c1-2-3;3*2-1(3,4)8(5,6)7;/h1H3;3*(H,5,6,7);/q;;;;+3/p-3. The average molecular weight is 533 g/mol. The molecule has 0 aliphatic carbocycles. The molecule has 23 heteroatoms. The Hall–Kier alpha value is -0.540. The van der Waals surface area contributed by atoms with Crippen molar-refractivity contribution in [3.05, 3.63) is 0 Å². The minimum atomic E-state index is -6.09. The molecule has 0 aliphatic rings. The van der Waals surface area contributed by atoms with Crippen molar-refractivity contribution in [1.82, 2.24) is 0 Å². The molecule has 0 bridgehead atoms. The van der Waals surface area contributed by atoms with Crippen LogP contribution in [0.1, 0.15) is 6.92 Å². The summed E-state index contributed by atoms with van der Waals surface area (Å²) in [6.07, 6.45) is 0. The van der Waals surface area contributed by atoms with E-state index in [0.29, 0.717) is 0 Å². The fourth-order valence-corrected chi connectivity index (χ4v) is 0. The Balaban J connectivity index is -0.0000000866. The van der Waals surface area contributed by atoms with E-state index in [-0.39, 0.29) is 25.8 Å². The van der Waals surface area contributed by atoms with Gasteiger partial charge in [0.25, 0.3) is 0 Å². The number of alkyl halides is 9. The number of nitrogens with zero attached hydrogens (tertiary/aromatic N) is 1. The molecule has 0 unspecified atom stereocenters. The zero-order valence-electron chi connectivity index (χ0n) is 12.3. The minimum Gasteiger partial charge on any atom is -0.741 e. The van der Waals surface area contributed by atoms with E-state index in [4.69, 9.17) is 44.2 Å². The molecule has 0 fully saturated rings. The summed E-state index contributed by atoms with van der Waals surface area (Å²) < 4.78 is 177. The van der Waals surface area contributed by atoms with Crippen molar-refractivity contribution in [2.24, 2.45) is 0 Å². The largest absolute Gasteiger partial charge is 3.00 e. The fraction of sp³-hybridized carbons (Fsp3) is 0.800. The molecule has 10 nitrogen and oxygen atoms in total. The average Bonchev–Trinajstić information content (AvgIpc) is 2.22. The Morgan fingerprint density at radius 2 is 0.643 bits per heavy atom. The second-order valence-electron chi connectivity index (χ2n) is 2.92. The van der Waals surface area contributed by atoms with Gasteiger partial charge in [-0.25, -0.2) is 25.3 Å². The second-order valence-corrected chi connectivity index (χ2v) is 7.04. The fourth-order valence-electron chi connectivity index (χ4n) is 0. The summed E-state index contributed by atoms with van der Waals surface area (Å²) in [4.78, 5) is 0. The van der Waals surface area contributed by atoms with E-state index in [2.05, 4.69) is 0 Å². The number of halogens is 9. The minimum absolute atomic E-state index is 0. The molecule has 0 spiro atoms. The third-order valence-electron chi connectivity index (χ3n) is 0.850. The van der Waals surface area contributed by atoms with Crippen molar-refractivity contribution < 1.29 is 104 Å². The SMILES string of the molecule is CC#N.O=S(=O)([O-])C(F)(F)F.O=S(=O)([O-])C(F)(F)F.O=S(=O)([O-])C(F)(F)F.[Sc+3]. The predicted octanol–water partition coefficient (Wildman–Crippen LogP) is 0.682. The van der Waals surface area contributed by atoms with Crippen LogP contribution >= 0.6 is 0 Å². The maximum absolute atomic E-state index is 10.7. The summed E-state index contributed by atoms with van der Waals surface area (Å²) >= 11 is 0. The topological polar surface area (TPSA) is 195 Å². The van der Waals surface area contributed by atoms with Gasteiger partial charge in [-0.05, 0) is 0 Å². The summed E-state index contributed by atoms with van der Waals surface area (Å²) in [5.41, 5.74) is -16.9. The van der Waals surface area contributed by atoms with Crippen LogP contribution in [0.4, 0.5) is 39.5 Å². The van der Waals surface area contributed by atoms with Crippen molar-refractivity contribution in [3.8, 4) is 6.07 Å². The maximum atomic E-state index is 10.7. The molecule has 28 heavy (non-hydrogen) atoms. The molecule has 0 rings (SSSR count). The number of hydrogen-bond acceptors (Lipinski definition) is 10. The summed E-state index contributed by atoms with van der Waals surface area (Å²) in [5, 5.41) is 7.32. The first-order valence-electron chi connectivity index (χ1n) is 4.54. The van der Waals surface area contributed by atoms with Crippen LogP contribution in [0.5, 0.6) is 0 Å². The van der Waals surface area contributed by atoms with Gasteiger partial charge in [-0.2, -0.15) is 44.8 Å². The number of hydrogen-bond donors (Lipinski definition) is 0. The molecule has 0 amide bonds. The molecule has 0 aromatic heterocycles. The van der Waals surface area contributed by atoms with Crippen molar-refractivity contribution in [2.75, 3.05) is 0 Å². The zero-order valence-corrected chi connectivity index (χ0v) is 16.6. The van der Waals surface area contributed by atoms with Crippen LogP contribution in [0.25, 0.3) is 0 Å². The van der Waals surface area contributed by atoms with Gasteiger partial charge in [0.05, 0.1) is 6.07 Å². The third-order valence-corrected chi connectivity index (χ3v) is 2.55. The Bertz CT molecular complexity index is 688. The van der Waals surface area contributed by atoms with E-state index in [1.165, 1.54) is 6.92 Å². The Kier molecular flexibility index (Phi) is 17.6. The van der Waals surface area contributed by atoms with Gasteiger partial charge in [-0.3, -0.25) is 0 Å². The van der Waals surface area contributed by atoms with Crippen LogP contribution in [0, 0.1) is 11.3 Å². The van der Waals surface area contributed by atoms with Crippen molar-refractivity contribution in [2.45, 2.75) is 23.4 Å². The first-order chi connectivity index (χ1) is 11.2. The first kappa shape index (κ1) is 38.1. The number of nitriles is 1. The molecule has 0 aliphatic heterocycles. The van der Waals surface area contributed by atoms with E-state index in [9.17, 15) is 39.5 Å². The van der Waals surface area contributed by atoms with Gasteiger partial charge in [0.2, 0.25) is 0 Å². The van der Waals surface area contributed by atoms with Crippen LogP contribution in [0.2, 0.25) is 0 Å². The van der Waals surface area contributed by atoms with Crippen molar-refractivity contribution >= 4 is 30.4 Å². The van der Waals surface area contributed by atoms with Gasteiger partial charge in [-0.15, -0.1) is 0 Å². The zero-order chi connectivity index (χ0) is 23.7. The van der Waals surface area contributed by atoms with Gasteiger partial charge in [-0.1, -0.05) is 0 Å². The molecule has 0 heterocycles. The first-order valence-corrected chi connectivity index (χ1v) is 8.76. The van der Waals surface area contributed by atoms with E-state index >= 15 is 0 Å².